The molecule has 0 heterocycles. The van der Waals surface area contributed by atoms with E-state index < -0.39 is 51.1 Å². The summed E-state index contributed by atoms with van der Waals surface area (Å²) < 4.78 is 116. The SMILES string of the molecule is Fc1ccccc1[N+](F)(c1ccccc1)c1ccccc1.Fc1ccccc1[N+](F)(c1ccccc1)c1ccccc1.Fc1ccccc1[N+](F)(c1ccccc1)c1ccccc1.Fc1ccccc1[N+](F)(c1ccccc1)c1ccccc1.[O-][Si]([O-])([O-])[O-]. The van der Waals surface area contributed by atoms with E-state index in [2.05, 4.69) is 0 Å². The topological polar surface area (TPSA) is 92.2 Å². The van der Waals surface area contributed by atoms with E-state index in [0.29, 0.717) is 45.5 Å². The Morgan fingerprint density at radius 1 is 0.180 bits per heavy atom. The number of nitrogens with zero attached hydrogens (tertiary/aromatic N) is 4. The van der Waals surface area contributed by atoms with Gasteiger partial charge < -0.3 is 28.2 Å². The Balaban J connectivity index is 0.000000149. The van der Waals surface area contributed by atoms with Gasteiger partial charge in [0.15, 0.2) is 68.8 Å². The monoisotopic (exact) mass is 1220 g/mol. The molecule has 12 rings (SSSR count). The van der Waals surface area contributed by atoms with Gasteiger partial charge in [-0.3, -0.25) is 0 Å². The van der Waals surface area contributed by atoms with Gasteiger partial charge in [-0.05, 0) is 43.1 Å². The number of rotatable bonds is 12. The van der Waals surface area contributed by atoms with Gasteiger partial charge in [0.25, 0.3) is 0 Å². The minimum atomic E-state index is -5.61. The third-order valence-corrected chi connectivity index (χ3v) is 13.6. The van der Waals surface area contributed by atoms with Gasteiger partial charge in [0.05, 0.1) is 0 Å². The zero-order chi connectivity index (χ0) is 63.3. The van der Waals surface area contributed by atoms with E-state index in [9.17, 15) is 17.6 Å². The van der Waals surface area contributed by atoms with E-state index in [4.69, 9.17) is 19.2 Å². The molecular weight excluding hydrogens is 1160 g/mol. The van der Waals surface area contributed by atoms with Crippen LogP contribution < -0.4 is 38.0 Å². The first-order valence-electron chi connectivity index (χ1n) is 27.5. The van der Waals surface area contributed by atoms with Gasteiger partial charge in [-0.25, -0.2) is 17.6 Å². The molecule has 0 saturated carbocycles. The highest BCUT2D eigenvalue weighted by molar-refractivity contribution is 6.38. The Morgan fingerprint density at radius 2 is 0.281 bits per heavy atom. The lowest BCUT2D eigenvalue weighted by Crippen LogP contribution is -2.82. The fraction of sp³-hybridized carbons (Fsp3) is 0. The Kier molecular flexibility index (Phi) is 21.9. The summed E-state index contributed by atoms with van der Waals surface area (Å²) in [6, 6.07) is 92.5. The Morgan fingerprint density at radius 3 is 0.393 bits per heavy atom. The van der Waals surface area contributed by atoms with E-state index in [1.165, 1.54) is 48.5 Å². The van der Waals surface area contributed by atoms with Crippen LogP contribution in [0.5, 0.6) is 0 Å². The van der Waals surface area contributed by atoms with Crippen molar-refractivity contribution in [2.24, 2.45) is 0 Å². The first-order valence-corrected chi connectivity index (χ1v) is 29.2. The summed E-state index contributed by atoms with van der Waals surface area (Å²) in [4.78, 5) is 34.3. The maximum atomic E-state index is 15.9. The molecule has 448 valence electrons. The number of quaternary nitrogens is 4. The molecule has 0 spiro atoms. The molecule has 0 fully saturated rings. The normalized spacial score (nSPS) is 11.4. The van der Waals surface area contributed by atoms with Crippen LogP contribution in [0.25, 0.3) is 0 Å². The van der Waals surface area contributed by atoms with Crippen LogP contribution in [0.3, 0.4) is 0 Å². The minimum Gasteiger partial charge on any atom is -0.894 e. The van der Waals surface area contributed by atoms with E-state index in [1.807, 2.05) is 0 Å². The van der Waals surface area contributed by atoms with Crippen molar-refractivity contribution in [3.63, 3.8) is 0 Å². The molecule has 0 bridgehead atoms. The number of para-hydroxylation sites is 12. The van der Waals surface area contributed by atoms with Crippen LogP contribution in [-0.4, -0.2) is 9.05 Å². The smallest absolute Gasteiger partial charge is 0.217 e. The third kappa shape index (κ3) is 15.6. The van der Waals surface area contributed by atoms with E-state index in [-0.39, 0.29) is 22.7 Å². The lowest BCUT2D eigenvalue weighted by atomic mass is 10.2. The van der Waals surface area contributed by atoms with Crippen molar-refractivity contribution >= 4 is 77.3 Å². The fourth-order valence-corrected chi connectivity index (χ4v) is 9.58. The highest BCUT2D eigenvalue weighted by Gasteiger charge is 2.44. The minimum absolute atomic E-state index is 0.0325. The number of hydrogen-bond acceptors (Lipinski definition) is 4. The molecule has 8 nitrogen and oxygen atoms in total. The molecule has 12 aromatic rings. The second kappa shape index (κ2) is 30.1. The van der Waals surface area contributed by atoms with Crippen molar-refractivity contribution in [2.45, 2.75) is 0 Å². The molecule has 0 radical (unpaired) electrons. The quantitative estimate of drug-likeness (QED) is 0.0692. The Hall–Kier alpha value is -10.0. The first kappa shape index (κ1) is 65.0. The summed E-state index contributed by atoms with van der Waals surface area (Å²) in [5.74, 6) is -2.30. The summed E-state index contributed by atoms with van der Waals surface area (Å²) in [5, 5.41) is 0. The molecule has 0 aliphatic rings. The fourth-order valence-electron chi connectivity index (χ4n) is 9.58. The van der Waals surface area contributed by atoms with Crippen molar-refractivity contribution in [1.29, 1.82) is 0 Å². The molecule has 0 aliphatic carbocycles. The molecule has 0 N–H and O–H groups in total. The molecule has 0 atom stereocenters. The van der Waals surface area contributed by atoms with Crippen molar-refractivity contribution in [3.8, 4) is 0 Å². The van der Waals surface area contributed by atoms with Gasteiger partial charge in [-0.15, -0.1) is 0 Å². The van der Waals surface area contributed by atoms with Crippen LogP contribution in [-0.2, 0) is 0 Å². The van der Waals surface area contributed by atoms with Crippen molar-refractivity contribution < 1.29 is 54.7 Å². The summed E-state index contributed by atoms with van der Waals surface area (Å²) in [6.07, 6.45) is 0. The highest BCUT2D eigenvalue weighted by Crippen LogP contribution is 2.49. The molecule has 0 saturated heterocycles. The second-order valence-electron chi connectivity index (χ2n) is 19.3. The van der Waals surface area contributed by atoms with Gasteiger partial charge in [0.1, 0.15) is 0 Å². The molecular formula is C72H56F8N4O4Si. The molecule has 0 amide bonds. The van der Waals surface area contributed by atoms with Gasteiger partial charge in [0.2, 0.25) is 22.7 Å². The zero-order valence-corrected chi connectivity index (χ0v) is 48.3. The summed E-state index contributed by atoms with van der Waals surface area (Å²) in [5.41, 5.74) is 2.71. The van der Waals surface area contributed by atoms with Crippen LogP contribution >= 0.6 is 0 Å². The Labute approximate surface area is 511 Å². The zero-order valence-electron chi connectivity index (χ0n) is 47.3. The standard InChI is InChI=1S/4C18H14F2N.O4Si/c4*19-17-13-7-8-14-18(17)21(20,15-9-3-1-4-10-15)16-11-5-2-6-12-16;1-5(2,3)4/h4*1-14H;/q4*+1;-4. The molecule has 89 heavy (non-hydrogen) atoms. The van der Waals surface area contributed by atoms with Crippen LogP contribution in [0.2, 0.25) is 0 Å². The van der Waals surface area contributed by atoms with Gasteiger partial charge in [-0.1, -0.05) is 194 Å². The van der Waals surface area contributed by atoms with Gasteiger partial charge in [0, 0.05) is 139 Å². The average Bonchev–Trinajstić information content (AvgIpc) is 1.11. The van der Waals surface area contributed by atoms with E-state index >= 15 is 17.9 Å². The van der Waals surface area contributed by atoms with E-state index in [1.54, 1.807) is 291 Å². The predicted molar refractivity (Wildman–Crippen MR) is 332 cm³/mol. The summed E-state index contributed by atoms with van der Waals surface area (Å²) in [7, 11) is -5.61. The second-order valence-corrected chi connectivity index (χ2v) is 20.3. The molecule has 0 aromatic heterocycles. The summed E-state index contributed by atoms with van der Waals surface area (Å²) >= 11 is 0. The number of halogens is 8. The van der Waals surface area contributed by atoms with Crippen LogP contribution in [0.4, 0.5) is 104 Å². The molecule has 17 heteroatoms. The largest absolute Gasteiger partial charge is 0.894 e. The van der Waals surface area contributed by atoms with Crippen LogP contribution in [0.15, 0.2) is 340 Å². The van der Waals surface area contributed by atoms with Crippen LogP contribution in [0, 0.1) is 23.3 Å². The highest BCUT2D eigenvalue weighted by atomic mass is 28.4. The lowest BCUT2D eigenvalue weighted by molar-refractivity contribution is -0.624. The van der Waals surface area contributed by atoms with Crippen molar-refractivity contribution in [3.05, 3.63) is 363 Å². The third-order valence-electron chi connectivity index (χ3n) is 13.6. The summed E-state index contributed by atoms with van der Waals surface area (Å²) in [6.45, 7) is 0. The molecule has 12 aromatic carbocycles. The van der Waals surface area contributed by atoms with Crippen LogP contribution in [0.1, 0.15) is 0 Å². The lowest BCUT2D eigenvalue weighted by Gasteiger charge is -2.67. The molecule has 0 unspecified atom stereocenters. The van der Waals surface area contributed by atoms with E-state index in [0.717, 1.165) is 0 Å². The van der Waals surface area contributed by atoms with Crippen molar-refractivity contribution in [1.82, 2.24) is 18.8 Å². The van der Waals surface area contributed by atoms with Crippen molar-refractivity contribution in [2.75, 3.05) is 0 Å². The van der Waals surface area contributed by atoms with Gasteiger partial charge in [-0.2, -0.15) is 0 Å². The number of hydrogen-bond donors (Lipinski definition) is 0. The predicted octanol–water partition coefficient (Wildman–Crippen LogP) is 17.6. The number of benzene rings is 12. The van der Waals surface area contributed by atoms with Gasteiger partial charge >= 0.3 is 0 Å². The maximum absolute atomic E-state index is 15.9. The average molecular weight is 1220 g/mol. The Bertz CT molecular complexity index is 3400. The maximum Gasteiger partial charge on any atom is 0.217 e. The first-order chi connectivity index (χ1) is 42.9. The molecule has 0 aliphatic heterocycles.